The SMILES string of the molecule is C=C(C)[C@@H]1CC[C@]2(COS(N)(=O)=O)CC[C@]3(C)[C@H](CC[C@@H]4[C@@]5(C)CC[C@H](OC(=O)NCC)C(C)(C)[C@@H]5CC[C@]43C)[C@@H]12. The van der Waals surface area contributed by atoms with Crippen molar-refractivity contribution in [3.63, 3.8) is 0 Å². The maximum Gasteiger partial charge on any atom is 0.407 e. The molecule has 0 heterocycles. The molecule has 10 atom stereocenters. The van der Waals surface area contributed by atoms with E-state index < -0.39 is 10.3 Å². The second-order valence-electron chi connectivity index (χ2n) is 16.1. The largest absolute Gasteiger partial charge is 0.446 e. The van der Waals surface area contributed by atoms with Gasteiger partial charge in [-0.2, -0.15) is 8.42 Å². The zero-order valence-electron chi connectivity index (χ0n) is 26.7. The molecule has 0 aliphatic heterocycles. The van der Waals surface area contributed by atoms with Gasteiger partial charge in [0, 0.05) is 12.0 Å². The second-order valence-corrected chi connectivity index (χ2v) is 17.3. The molecule has 0 aromatic rings. The monoisotopic (exact) mass is 592 g/mol. The van der Waals surface area contributed by atoms with Gasteiger partial charge in [0.15, 0.2) is 0 Å². The molecule has 0 aromatic heterocycles. The number of rotatable bonds is 6. The highest BCUT2D eigenvalue weighted by Crippen LogP contribution is 2.77. The van der Waals surface area contributed by atoms with Gasteiger partial charge in [-0.25, -0.2) is 9.93 Å². The molecule has 3 N–H and O–H groups in total. The number of allylic oxidation sites excluding steroid dienone is 1. The Bertz CT molecular complexity index is 1170. The number of ether oxygens (including phenoxy) is 1. The third kappa shape index (κ3) is 4.72. The highest BCUT2D eigenvalue weighted by Gasteiger charge is 2.71. The van der Waals surface area contributed by atoms with Crippen LogP contribution in [-0.4, -0.2) is 33.8 Å². The number of carbonyl (C=O) groups excluding carboxylic acids is 1. The Morgan fingerprint density at radius 1 is 0.927 bits per heavy atom. The lowest BCUT2D eigenvalue weighted by Gasteiger charge is -2.73. The lowest BCUT2D eigenvalue weighted by molar-refractivity contribution is -0.248. The first-order valence-corrected chi connectivity index (χ1v) is 17.7. The fraction of sp³-hybridized carbons (Fsp3) is 0.909. The number of nitrogens with one attached hydrogen (secondary N) is 1. The first-order chi connectivity index (χ1) is 19.0. The Balaban J connectivity index is 1.46. The van der Waals surface area contributed by atoms with Crippen molar-refractivity contribution >= 4 is 16.4 Å². The Kier molecular flexibility index (Phi) is 7.81. The van der Waals surface area contributed by atoms with E-state index in [2.05, 4.69) is 53.4 Å². The molecule has 0 unspecified atom stereocenters. The molecule has 41 heavy (non-hydrogen) atoms. The number of fused-ring (bicyclic) bond motifs is 7. The van der Waals surface area contributed by atoms with Gasteiger partial charge in [-0.3, -0.25) is 4.18 Å². The number of hydrogen-bond acceptors (Lipinski definition) is 5. The molecular formula is C33H56N2O5S. The molecule has 5 saturated carbocycles. The summed E-state index contributed by atoms with van der Waals surface area (Å²) in [4.78, 5) is 12.4. The van der Waals surface area contributed by atoms with E-state index in [9.17, 15) is 13.2 Å². The van der Waals surface area contributed by atoms with Gasteiger partial charge in [-0.1, -0.05) is 46.8 Å². The Morgan fingerprint density at radius 3 is 2.27 bits per heavy atom. The van der Waals surface area contributed by atoms with Crippen LogP contribution in [0.2, 0.25) is 0 Å². The van der Waals surface area contributed by atoms with Crippen molar-refractivity contribution in [2.45, 2.75) is 119 Å². The maximum atomic E-state index is 12.4. The van der Waals surface area contributed by atoms with Crippen LogP contribution < -0.4 is 10.5 Å². The lowest BCUT2D eigenvalue weighted by Crippen LogP contribution is -2.67. The second kappa shape index (κ2) is 10.2. The quantitative estimate of drug-likeness (QED) is 0.324. The number of amides is 1. The molecule has 5 rings (SSSR count). The van der Waals surface area contributed by atoms with E-state index in [1.54, 1.807) is 0 Å². The van der Waals surface area contributed by atoms with Crippen molar-refractivity contribution < 1.29 is 22.1 Å². The molecule has 0 saturated heterocycles. The van der Waals surface area contributed by atoms with Gasteiger partial charge in [0.1, 0.15) is 6.10 Å². The van der Waals surface area contributed by atoms with Crippen LogP contribution in [0, 0.1) is 56.7 Å². The summed E-state index contributed by atoms with van der Waals surface area (Å²) in [6.07, 6.45) is 10.5. The zero-order chi connectivity index (χ0) is 30.2. The van der Waals surface area contributed by atoms with Crippen molar-refractivity contribution in [3.8, 4) is 0 Å². The zero-order valence-corrected chi connectivity index (χ0v) is 27.5. The molecule has 5 fully saturated rings. The standard InChI is InChI=1S/C33H56N2O5S/c1-9-35-28(36)40-26-14-15-30(6)24(29(26,4)5)13-16-32(8)25(30)11-10-23-27-22(21(2)3)12-17-33(27,19-18-31(23,32)7)20-39-41(34,37)38/h22-27H,2,9-20H2,1,3-8H3,(H,35,36)(H2,34,37,38)/t22-,23+,24-,25+,26-,27+,30-,31+,32+,33+/m0/s1. The van der Waals surface area contributed by atoms with Gasteiger partial charge in [0.25, 0.3) is 0 Å². The molecule has 1 amide bonds. The summed E-state index contributed by atoms with van der Waals surface area (Å²) in [6.45, 7) is 21.7. The molecule has 5 aliphatic rings. The van der Waals surface area contributed by atoms with E-state index in [-0.39, 0.29) is 45.9 Å². The van der Waals surface area contributed by atoms with Gasteiger partial charge < -0.3 is 10.1 Å². The summed E-state index contributed by atoms with van der Waals surface area (Å²) in [7, 11) is -3.99. The van der Waals surface area contributed by atoms with Gasteiger partial charge in [0.05, 0.1) is 6.61 Å². The predicted octanol–water partition coefficient (Wildman–Crippen LogP) is 6.98. The third-order valence-corrected chi connectivity index (χ3v) is 14.7. The number of carbonyl (C=O) groups is 1. The maximum absolute atomic E-state index is 12.4. The van der Waals surface area contributed by atoms with Crippen LogP contribution in [-0.2, 0) is 19.2 Å². The van der Waals surface area contributed by atoms with Crippen LogP contribution in [0.1, 0.15) is 113 Å². The van der Waals surface area contributed by atoms with Crippen LogP contribution in [0.4, 0.5) is 4.79 Å². The summed E-state index contributed by atoms with van der Waals surface area (Å²) < 4.78 is 35.2. The minimum atomic E-state index is -3.99. The molecule has 7 nitrogen and oxygen atoms in total. The predicted molar refractivity (Wildman–Crippen MR) is 162 cm³/mol. The van der Waals surface area contributed by atoms with E-state index in [0.29, 0.717) is 36.1 Å². The number of hydrogen-bond donors (Lipinski definition) is 2. The summed E-state index contributed by atoms with van der Waals surface area (Å²) in [6, 6.07) is 0. The topological polar surface area (TPSA) is 108 Å². The van der Waals surface area contributed by atoms with Crippen LogP contribution in [0.5, 0.6) is 0 Å². The first-order valence-electron chi connectivity index (χ1n) is 16.2. The summed E-state index contributed by atoms with van der Waals surface area (Å²) in [5, 5.41) is 8.18. The van der Waals surface area contributed by atoms with Crippen molar-refractivity contribution in [1.82, 2.24) is 5.32 Å². The highest BCUT2D eigenvalue weighted by atomic mass is 32.2. The average Bonchev–Trinajstić information content (AvgIpc) is 3.25. The molecule has 0 spiro atoms. The van der Waals surface area contributed by atoms with E-state index in [4.69, 9.17) is 14.1 Å². The van der Waals surface area contributed by atoms with Crippen molar-refractivity contribution in [1.29, 1.82) is 0 Å². The molecule has 0 aromatic carbocycles. The number of alkyl carbamates (subject to hydrolysis) is 1. The minimum Gasteiger partial charge on any atom is -0.446 e. The Hall–Kier alpha value is -1.12. The van der Waals surface area contributed by atoms with Crippen LogP contribution in [0.15, 0.2) is 12.2 Å². The van der Waals surface area contributed by atoms with Crippen LogP contribution >= 0.6 is 0 Å². The highest BCUT2D eigenvalue weighted by molar-refractivity contribution is 7.84. The summed E-state index contributed by atoms with van der Waals surface area (Å²) >= 11 is 0. The van der Waals surface area contributed by atoms with Crippen LogP contribution in [0.3, 0.4) is 0 Å². The van der Waals surface area contributed by atoms with Crippen molar-refractivity contribution in [2.75, 3.05) is 13.2 Å². The average molecular weight is 593 g/mol. The van der Waals surface area contributed by atoms with Crippen LogP contribution in [0.25, 0.3) is 0 Å². The van der Waals surface area contributed by atoms with E-state index in [1.807, 2.05) is 6.92 Å². The molecule has 0 radical (unpaired) electrons. The molecule has 234 valence electrons. The smallest absolute Gasteiger partial charge is 0.407 e. The molecule has 0 bridgehead atoms. The van der Waals surface area contributed by atoms with E-state index in [1.165, 1.54) is 24.8 Å². The molecular weight excluding hydrogens is 536 g/mol. The normalized spacial score (nSPS) is 46.8. The first kappa shape index (κ1) is 31.3. The number of nitrogens with two attached hydrogens (primary N) is 1. The summed E-state index contributed by atoms with van der Waals surface area (Å²) in [5.74, 6) is 2.40. The fourth-order valence-corrected chi connectivity index (χ4v) is 12.6. The molecule has 8 heteroatoms. The van der Waals surface area contributed by atoms with E-state index >= 15 is 0 Å². The van der Waals surface area contributed by atoms with Crippen molar-refractivity contribution in [3.05, 3.63) is 12.2 Å². The van der Waals surface area contributed by atoms with Crippen molar-refractivity contribution in [2.24, 2.45) is 61.8 Å². The van der Waals surface area contributed by atoms with Gasteiger partial charge >= 0.3 is 16.4 Å². The Labute approximate surface area is 249 Å². The summed E-state index contributed by atoms with van der Waals surface area (Å²) in [5.41, 5.74) is 1.55. The van der Waals surface area contributed by atoms with Gasteiger partial charge in [-0.15, -0.1) is 0 Å². The lowest BCUT2D eigenvalue weighted by atomic mass is 9.32. The van der Waals surface area contributed by atoms with Gasteiger partial charge in [-0.05, 0) is 129 Å². The molecule has 5 aliphatic carbocycles. The minimum absolute atomic E-state index is 0.0626. The fourth-order valence-electron chi connectivity index (χ4n) is 12.2. The third-order valence-electron chi connectivity index (χ3n) is 14.3. The Morgan fingerprint density at radius 2 is 1.63 bits per heavy atom. The van der Waals surface area contributed by atoms with Gasteiger partial charge in [0.2, 0.25) is 0 Å². The van der Waals surface area contributed by atoms with E-state index in [0.717, 1.165) is 44.9 Å².